The highest BCUT2D eigenvalue weighted by Gasteiger charge is 2.30. The average Bonchev–Trinajstić information content (AvgIpc) is 2.29. The third-order valence-corrected chi connectivity index (χ3v) is 5.74. The Morgan fingerprint density at radius 1 is 1.13 bits per heavy atom. The van der Waals surface area contributed by atoms with Crippen LogP contribution in [0.1, 0.15) is 46.0 Å². The van der Waals surface area contributed by atoms with Crippen LogP contribution in [0.3, 0.4) is 0 Å². The largest absolute Gasteiger partial charge is 0.395 e. The first-order valence-corrected chi connectivity index (χ1v) is 8.17. The lowest BCUT2D eigenvalue weighted by Crippen LogP contribution is -2.38. The molecule has 0 bridgehead atoms. The highest BCUT2D eigenvalue weighted by atomic mass is 28.4. The van der Waals surface area contributed by atoms with Gasteiger partial charge in [0.2, 0.25) is 0 Å². The summed E-state index contributed by atoms with van der Waals surface area (Å²) in [5, 5.41) is 0. The molecule has 0 spiro atoms. The molecule has 0 saturated heterocycles. The van der Waals surface area contributed by atoms with Crippen molar-refractivity contribution in [2.45, 2.75) is 52.0 Å². The molecule has 15 heavy (non-hydrogen) atoms. The van der Waals surface area contributed by atoms with E-state index >= 15 is 0 Å². The second-order valence-electron chi connectivity index (χ2n) is 3.84. The van der Waals surface area contributed by atoms with E-state index < -0.39 is 8.56 Å². The molecule has 0 heterocycles. The summed E-state index contributed by atoms with van der Waals surface area (Å²) in [6.45, 7) is 8.97. The maximum absolute atomic E-state index is 5.86. The lowest BCUT2D eigenvalue weighted by Gasteiger charge is -2.24. The van der Waals surface area contributed by atoms with Crippen LogP contribution < -0.4 is 0 Å². The Hall–Kier alpha value is -0.123. The summed E-state index contributed by atoms with van der Waals surface area (Å²) in [4.78, 5) is 0. The van der Waals surface area contributed by atoms with Crippen molar-refractivity contribution in [3.05, 3.63) is 12.3 Å². The Morgan fingerprint density at radius 3 is 2.27 bits per heavy atom. The average molecular weight is 230 g/mol. The predicted molar refractivity (Wildman–Crippen MR) is 68.2 cm³/mol. The summed E-state index contributed by atoms with van der Waals surface area (Å²) in [6, 6.07) is 0.946. The minimum atomic E-state index is -2.02. The Balaban J connectivity index is 3.58. The van der Waals surface area contributed by atoms with Gasteiger partial charge in [0.1, 0.15) is 0 Å². The molecule has 0 radical (unpaired) electrons. The van der Waals surface area contributed by atoms with Gasteiger partial charge in [0.15, 0.2) is 0 Å². The molecule has 3 heteroatoms. The first kappa shape index (κ1) is 14.9. The van der Waals surface area contributed by atoms with E-state index in [1.807, 2.05) is 5.70 Å². The molecule has 1 atom stereocenters. The summed E-state index contributed by atoms with van der Waals surface area (Å²) in [6.07, 6.45) is 6.36. The van der Waals surface area contributed by atoms with Gasteiger partial charge in [0, 0.05) is 13.7 Å². The van der Waals surface area contributed by atoms with E-state index in [9.17, 15) is 0 Å². The van der Waals surface area contributed by atoms with E-state index in [-0.39, 0.29) is 0 Å². The molecule has 0 aromatic carbocycles. The SMILES string of the molecule is C=C[Si](CC)(OC)OCCCCCCC. The van der Waals surface area contributed by atoms with Gasteiger partial charge in [-0.2, -0.15) is 0 Å². The van der Waals surface area contributed by atoms with Crippen LogP contribution in [-0.4, -0.2) is 22.3 Å². The van der Waals surface area contributed by atoms with Crippen LogP contribution in [0.2, 0.25) is 6.04 Å². The van der Waals surface area contributed by atoms with Crippen molar-refractivity contribution in [3.63, 3.8) is 0 Å². The van der Waals surface area contributed by atoms with Crippen molar-refractivity contribution in [1.82, 2.24) is 0 Å². The van der Waals surface area contributed by atoms with Crippen LogP contribution in [0.5, 0.6) is 0 Å². The number of rotatable bonds is 10. The van der Waals surface area contributed by atoms with Gasteiger partial charge in [-0.3, -0.25) is 0 Å². The minimum absolute atomic E-state index is 0.823. The highest BCUT2D eigenvalue weighted by molar-refractivity contribution is 6.72. The van der Waals surface area contributed by atoms with Crippen LogP contribution >= 0.6 is 0 Å². The molecule has 0 aliphatic heterocycles. The van der Waals surface area contributed by atoms with Gasteiger partial charge in [0.25, 0.3) is 0 Å². The molecular formula is C12H26O2Si. The monoisotopic (exact) mass is 230 g/mol. The second kappa shape index (κ2) is 9.13. The van der Waals surface area contributed by atoms with E-state index in [1.165, 1.54) is 25.7 Å². The zero-order chi connectivity index (χ0) is 11.6. The quantitative estimate of drug-likeness (QED) is 0.420. The van der Waals surface area contributed by atoms with Crippen LogP contribution in [0.25, 0.3) is 0 Å². The van der Waals surface area contributed by atoms with Gasteiger partial charge in [-0.15, -0.1) is 6.58 Å². The molecular weight excluding hydrogens is 204 g/mol. The van der Waals surface area contributed by atoms with Gasteiger partial charge in [-0.25, -0.2) is 0 Å². The van der Waals surface area contributed by atoms with E-state index in [1.54, 1.807) is 7.11 Å². The smallest absolute Gasteiger partial charge is 0.363 e. The van der Waals surface area contributed by atoms with Crippen molar-refractivity contribution >= 4 is 8.56 Å². The first-order chi connectivity index (χ1) is 7.24. The zero-order valence-corrected chi connectivity index (χ0v) is 11.6. The standard InChI is InChI=1S/C12H26O2Si/c1-5-8-9-10-11-12-14-15(6-2,7-3)13-4/h6H,2,5,7-12H2,1,3-4H3. The maximum Gasteiger partial charge on any atom is 0.363 e. The predicted octanol–water partition coefficient (Wildman–Crippen LogP) is 3.81. The lowest BCUT2D eigenvalue weighted by atomic mass is 10.2. The fourth-order valence-corrected chi connectivity index (χ4v) is 3.22. The summed E-state index contributed by atoms with van der Waals surface area (Å²) >= 11 is 0. The van der Waals surface area contributed by atoms with Crippen molar-refractivity contribution in [2.24, 2.45) is 0 Å². The Labute approximate surface area is 95.9 Å². The molecule has 0 aromatic rings. The second-order valence-corrected chi connectivity index (χ2v) is 7.27. The van der Waals surface area contributed by atoms with Crippen molar-refractivity contribution in [2.75, 3.05) is 13.7 Å². The molecule has 1 unspecified atom stereocenters. The lowest BCUT2D eigenvalue weighted by molar-refractivity contribution is 0.206. The first-order valence-electron chi connectivity index (χ1n) is 6.07. The summed E-state index contributed by atoms with van der Waals surface area (Å²) in [7, 11) is -0.291. The van der Waals surface area contributed by atoms with E-state index in [4.69, 9.17) is 8.85 Å². The van der Waals surface area contributed by atoms with E-state index in [0.29, 0.717) is 0 Å². The van der Waals surface area contributed by atoms with Gasteiger partial charge < -0.3 is 8.85 Å². The van der Waals surface area contributed by atoms with Gasteiger partial charge in [-0.1, -0.05) is 39.5 Å². The summed E-state index contributed by atoms with van der Waals surface area (Å²) in [5.74, 6) is 0. The topological polar surface area (TPSA) is 18.5 Å². The van der Waals surface area contributed by atoms with E-state index in [0.717, 1.165) is 19.1 Å². The van der Waals surface area contributed by atoms with Crippen LogP contribution in [0.15, 0.2) is 12.3 Å². The number of hydrogen-bond acceptors (Lipinski definition) is 2. The molecule has 0 fully saturated rings. The molecule has 0 aromatic heterocycles. The van der Waals surface area contributed by atoms with Crippen molar-refractivity contribution < 1.29 is 8.85 Å². The Morgan fingerprint density at radius 2 is 1.80 bits per heavy atom. The number of unbranched alkanes of at least 4 members (excludes halogenated alkanes) is 4. The Kier molecular flexibility index (Phi) is 9.05. The van der Waals surface area contributed by atoms with Crippen molar-refractivity contribution in [1.29, 1.82) is 0 Å². The zero-order valence-electron chi connectivity index (χ0n) is 10.6. The summed E-state index contributed by atoms with van der Waals surface area (Å²) < 4.78 is 11.3. The molecule has 0 amide bonds. The van der Waals surface area contributed by atoms with Gasteiger partial charge in [-0.05, 0) is 18.2 Å². The van der Waals surface area contributed by atoms with E-state index in [2.05, 4.69) is 20.4 Å². The summed E-state index contributed by atoms with van der Waals surface area (Å²) in [5.41, 5.74) is 1.89. The molecule has 0 N–H and O–H groups in total. The molecule has 90 valence electrons. The fraction of sp³-hybridized carbons (Fsp3) is 0.833. The molecule has 0 aliphatic rings. The normalized spacial score (nSPS) is 14.9. The third kappa shape index (κ3) is 6.13. The number of hydrogen-bond donors (Lipinski definition) is 0. The Bertz CT molecular complexity index is 156. The third-order valence-electron chi connectivity index (χ3n) is 2.74. The highest BCUT2D eigenvalue weighted by Crippen LogP contribution is 2.14. The minimum Gasteiger partial charge on any atom is -0.395 e. The van der Waals surface area contributed by atoms with Crippen LogP contribution in [0, 0.1) is 0 Å². The van der Waals surface area contributed by atoms with Crippen LogP contribution in [-0.2, 0) is 8.85 Å². The van der Waals surface area contributed by atoms with Gasteiger partial charge >= 0.3 is 8.56 Å². The molecule has 0 saturated carbocycles. The fourth-order valence-electron chi connectivity index (χ4n) is 1.54. The molecule has 0 rings (SSSR count). The van der Waals surface area contributed by atoms with Gasteiger partial charge in [0.05, 0.1) is 0 Å². The maximum atomic E-state index is 5.86. The van der Waals surface area contributed by atoms with Crippen LogP contribution in [0.4, 0.5) is 0 Å². The molecule has 2 nitrogen and oxygen atoms in total. The molecule has 0 aliphatic carbocycles. The van der Waals surface area contributed by atoms with Crippen molar-refractivity contribution in [3.8, 4) is 0 Å².